The van der Waals surface area contributed by atoms with Crippen LogP contribution in [-0.4, -0.2) is 37.1 Å². The zero-order valence-corrected chi connectivity index (χ0v) is 17.1. The number of alkyl halides is 3. The number of hydrogen-bond acceptors (Lipinski definition) is 5. The molecule has 0 fully saturated rings. The first-order valence-electron chi connectivity index (χ1n) is 8.11. The molecule has 162 valence electrons. The molecular weight excluding hydrogens is 451 g/mol. The van der Waals surface area contributed by atoms with Crippen LogP contribution in [0.15, 0.2) is 41.3 Å². The number of carbonyl (C=O) groups is 1. The molecule has 0 heterocycles. The molecule has 2 aromatic carbocycles. The van der Waals surface area contributed by atoms with E-state index in [1.165, 1.54) is 13.0 Å². The van der Waals surface area contributed by atoms with Crippen LogP contribution in [0, 0.1) is 17.0 Å². The van der Waals surface area contributed by atoms with Gasteiger partial charge >= 0.3 is 6.18 Å². The summed E-state index contributed by atoms with van der Waals surface area (Å²) in [5.74, 6) is -0.918. The third-order valence-electron chi connectivity index (χ3n) is 4.01. The summed E-state index contributed by atoms with van der Waals surface area (Å²) in [5, 5.41) is 12.6. The van der Waals surface area contributed by atoms with E-state index in [9.17, 15) is 36.5 Å². The number of halogens is 4. The highest BCUT2D eigenvalue weighted by molar-refractivity contribution is 7.89. The monoisotopic (exact) mass is 465 g/mol. The molecule has 0 saturated carbocycles. The maximum Gasteiger partial charge on any atom is 0.417 e. The van der Waals surface area contributed by atoms with Crippen molar-refractivity contribution in [3.8, 4) is 0 Å². The molecule has 0 aromatic heterocycles. The topological polar surface area (TPSA) is 110 Å². The molecule has 13 heteroatoms. The Morgan fingerprint density at radius 2 is 1.87 bits per heavy atom. The summed E-state index contributed by atoms with van der Waals surface area (Å²) in [5.41, 5.74) is -1.54. The fraction of sp³-hybridized carbons (Fsp3) is 0.235. The molecule has 0 aliphatic heterocycles. The van der Waals surface area contributed by atoms with Crippen LogP contribution in [0.1, 0.15) is 11.1 Å². The minimum atomic E-state index is -4.74. The number of nitro groups is 1. The van der Waals surface area contributed by atoms with E-state index in [0.717, 1.165) is 31.3 Å². The average Bonchev–Trinajstić information content (AvgIpc) is 2.62. The number of rotatable bonds is 6. The van der Waals surface area contributed by atoms with Gasteiger partial charge in [0.25, 0.3) is 5.69 Å². The number of sulfonamides is 1. The smallest absolute Gasteiger partial charge is 0.325 e. The predicted molar refractivity (Wildman–Crippen MR) is 103 cm³/mol. The van der Waals surface area contributed by atoms with Gasteiger partial charge in [-0.2, -0.15) is 17.5 Å². The minimum Gasteiger partial charge on any atom is -0.325 e. The zero-order valence-electron chi connectivity index (χ0n) is 15.5. The first-order valence-corrected chi connectivity index (χ1v) is 9.93. The van der Waals surface area contributed by atoms with Crippen LogP contribution in [0.25, 0.3) is 0 Å². The second kappa shape index (κ2) is 8.58. The van der Waals surface area contributed by atoms with Gasteiger partial charge in [-0.3, -0.25) is 14.9 Å². The van der Waals surface area contributed by atoms with Crippen LogP contribution in [0.3, 0.4) is 0 Å². The largest absolute Gasteiger partial charge is 0.417 e. The lowest BCUT2D eigenvalue weighted by molar-refractivity contribution is -0.385. The molecule has 0 saturated heterocycles. The maximum absolute atomic E-state index is 12.9. The van der Waals surface area contributed by atoms with Gasteiger partial charge in [-0.05, 0) is 31.2 Å². The van der Waals surface area contributed by atoms with E-state index >= 15 is 0 Å². The Morgan fingerprint density at radius 1 is 1.23 bits per heavy atom. The van der Waals surface area contributed by atoms with Crippen molar-refractivity contribution in [1.29, 1.82) is 0 Å². The molecule has 2 rings (SSSR count). The van der Waals surface area contributed by atoms with E-state index < -0.39 is 54.7 Å². The molecule has 0 unspecified atom stereocenters. The van der Waals surface area contributed by atoms with Gasteiger partial charge in [0.15, 0.2) is 0 Å². The van der Waals surface area contributed by atoms with Gasteiger partial charge in [0.05, 0.1) is 26.9 Å². The van der Waals surface area contributed by atoms with Gasteiger partial charge in [0, 0.05) is 24.4 Å². The van der Waals surface area contributed by atoms with Crippen LogP contribution in [0.4, 0.5) is 24.5 Å². The van der Waals surface area contributed by atoms with Crippen LogP contribution in [0.2, 0.25) is 5.02 Å². The van der Waals surface area contributed by atoms with Crippen molar-refractivity contribution < 1.29 is 31.3 Å². The highest BCUT2D eigenvalue weighted by Gasteiger charge is 2.33. The lowest BCUT2D eigenvalue weighted by atomic mass is 10.2. The first-order chi connectivity index (χ1) is 13.7. The van der Waals surface area contributed by atoms with Crippen molar-refractivity contribution in [2.75, 3.05) is 18.9 Å². The van der Waals surface area contributed by atoms with E-state index in [1.807, 2.05) is 0 Å². The molecule has 2 aromatic rings. The number of anilines is 1. The van der Waals surface area contributed by atoms with Gasteiger partial charge in [-0.15, -0.1) is 0 Å². The van der Waals surface area contributed by atoms with Crippen LogP contribution >= 0.6 is 11.6 Å². The Labute approximate surface area is 174 Å². The van der Waals surface area contributed by atoms with Gasteiger partial charge < -0.3 is 5.32 Å². The van der Waals surface area contributed by atoms with Gasteiger partial charge in [-0.1, -0.05) is 17.7 Å². The third-order valence-corrected chi connectivity index (χ3v) is 6.14. The molecular formula is C17H15ClF3N3O5S. The van der Waals surface area contributed by atoms with Crippen molar-refractivity contribution in [3.63, 3.8) is 0 Å². The number of aryl methyl sites for hydroxylation is 1. The van der Waals surface area contributed by atoms with Gasteiger partial charge in [0.2, 0.25) is 15.9 Å². The summed E-state index contributed by atoms with van der Waals surface area (Å²) in [7, 11) is -3.21. The summed E-state index contributed by atoms with van der Waals surface area (Å²) < 4.78 is 64.5. The van der Waals surface area contributed by atoms with Gasteiger partial charge in [0.1, 0.15) is 0 Å². The average molecular weight is 466 g/mol. The van der Waals surface area contributed by atoms with Crippen LogP contribution in [-0.2, 0) is 21.0 Å². The maximum atomic E-state index is 12.9. The zero-order chi connectivity index (χ0) is 22.9. The molecule has 1 N–H and O–H groups in total. The Hall–Kier alpha value is -2.70. The number of nitro benzene ring substituents is 1. The second-order valence-electron chi connectivity index (χ2n) is 6.21. The number of carbonyl (C=O) groups excluding carboxylic acids is 1. The molecule has 30 heavy (non-hydrogen) atoms. The van der Waals surface area contributed by atoms with Crippen molar-refractivity contribution in [2.24, 2.45) is 0 Å². The van der Waals surface area contributed by atoms with Crippen molar-refractivity contribution in [2.45, 2.75) is 18.0 Å². The summed E-state index contributed by atoms with van der Waals surface area (Å²) in [6.07, 6.45) is -4.74. The van der Waals surface area contributed by atoms with Crippen LogP contribution < -0.4 is 5.32 Å². The SMILES string of the molecule is Cc1ccc(S(=O)(=O)N(C)CC(=O)Nc2ccc(Cl)c(C(F)(F)F)c2)cc1[N+](=O)[O-]. The molecule has 0 radical (unpaired) electrons. The molecule has 0 spiro atoms. The Balaban J connectivity index is 2.20. The lowest BCUT2D eigenvalue weighted by Gasteiger charge is -2.17. The van der Waals surface area contributed by atoms with E-state index in [-0.39, 0.29) is 11.3 Å². The van der Waals surface area contributed by atoms with Crippen molar-refractivity contribution >= 4 is 38.9 Å². The second-order valence-corrected chi connectivity index (χ2v) is 8.66. The molecule has 8 nitrogen and oxygen atoms in total. The summed E-state index contributed by atoms with van der Waals surface area (Å²) in [6, 6.07) is 5.98. The predicted octanol–water partition coefficient (Wildman–Crippen LogP) is 3.83. The number of nitrogens with one attached hydrogen (secondary N) is 1. The lowest BCUT2D eigenvalue weighted by Crippen LogP contribution is -2.35. The van der Waals surface area contributed by atoms with Gasteiger partial charge in [-0.25, -0.2) is 8.42 Å². The Bertz CT molecular complexity index is 1110. The van der Waals surface area contributed by atoms with Crippen LogP contribution in [0.5, 0.6) is 0 Å². The molecule has 0 aliphatic rings. The fourth-order valence-electron chi connectivity index (χ4n) is 2.43. The van der Waals surface area contributed by atoms with E-state index in [1.54, 1.807) is 0 Å². The number of nitrogens with zero attached hydrogens (tertiary/aromatic N) is 2. The van der Waals surface area contributed by atoms with E-state index in [2.05, 4.69) is 5.32 Å². The van der Waals surface area contributed by atoms with Crippen molar-refractivity contribution in [1.82, 2.24) is 4.31 Å². The minimum absolute atomic E-state index is 0.228. The highest BCUT2D eigenvalue weighted by atomic mass is 35.5. The number of amides is 1. The summed E-state index contributed by atoms with van der Waals surface area (Å²) in [6.45, 7) is 0.695. The molecule has 0 atom stereocenters. The highest BCUT2D eigenvalue weighted by Crippen LogP contribution is 2.36. The summed E-state index contributed by atoms with van der Waals surface area (Å²) >= 11 is 5.51. The number of likely N-dealkylation sites (N-methyl/N-ethyl adjacent to an activating group) is 1. The summed E-state index contributed by atoms with van der Waals surface area (Å²) in [4.78, 5) is 22.0. The number of hydrogen-bond donors (Lipinski definition) is 1. The third kappa shape index (κ3) is 5.26. The van der Waals surface area contributed by atoms with E-state index in [4.69, 9.17) is 11.6 Å². The Morgan fingerprint density at radius 3 is 2.43 bits per heavy atom. The first kappa shape index (κ1) is 23.6. The molecule has 0 aliphatic carbocycles. The molecule has 0 bridgehead atoms. The van der Waals surface area contributed by atoms with Crippen molar-refractivity contribution in [3.05, 3.63) is 62.7 Å². The standard InChI is InChI=1S/C17H15ClF3N3O5S/c1-10-3-5-12(8-15(10)24(26)27)30(28,29)23(2)9-16(25)22-11-4-6-14(18)13(7-11)17(19,20)21/h3-8H,9H2,1-2H3,(H,22,25). The number of benzene rings is 2. The fourth-order valence-corrected chi connectivity index (χ4v) is 3.81. The Kier molecular flexibility index (Phi) is 6.74. The molecule has 1 amide bonds. The normalized spacial score (nSPS) is 12.1. The van der Waals surface area contributed by atoms with E-state index in [0.29, 0.717) is 10.4 Å². The quantitative estimate of drug-likeness (QED) is 0.515.